The predicted octanol–water partition coefficient (Wildman–Crippen LogP) is 5.72. The number of alkyl carbamates (subject to hydrolysis) is 1. The Bertz CT molecular complexity index is 916. The van der Waals surface area contributed by atoms with E-state index in [2.05, 4.69) is 5.32 Å². The standard InChI is InChI=1S/C26H37NO5/c1-16(2)22(27-25(29)32-26(6,7)8)24(28)30-18(5)23(17(3)4)31-21-14-13-19-11-9-10-12-20(19)15-21/h9-18,22-23H,1-8H3,(H,27,29)/t18-,22-,23+/m0/s1. The van der Waals surface area contributed by atoms with E-state index in [9.17, 15) is 9.59 Å². The van der Waals surface area contributed by atoms with Crippen LogP contribution in [0.3, 0.4) is 0 Å². The van der Waals surface area contributed by atoms with Crippen molar-refractivity contribution in [3.05, 3.63) is 42.5 Å². The molecule has 0 aliphatic carbocycles. The van der Waals surface area contributed by atoms with Gasteiger partial charge in [-0.1, -0.05) is 58.0 Å². The van der Waals surface area contributed by atoms with Crippen molar-refractivity contribution in [1.82, 2.24) is 5.32 Å². The van der Waals surface area contributed by atoms with E-state index in [-0.39, 0.29) is 17.9 Å². The van der Waals surface area contributed by atoms with Crippen LogP contribution in [0, 0.1) is 11.8 Å². The normalized spacial score (nSPS) is 14.7. The molecular weight excluding hydrogens is 406 g/mol. The lowest BCUT2D eigenvalue weighted by Gasteiger charge is -2.30. The lowest BCUT2D eigenvalue weighted by molar-refractivity contribution is -0.157. The molecule has 2 aromatic rings. The van der Waals surface area contributed by atoms with Crippen LogP contribution in [-0.2, 0) is 14.3 Å². The number of hydrogen-bond acceptors (Lipinski definition) is 5. The van der Waals surface area contributed by atoms with E-state index in [1.165, 1.54) is 0 Å². The Hall–Kier alpha value is -2.76. The summed E-state index contributed by atoms with van der Waals surface area (Å²) in [7, 11) is 0. The first-order valence-corrected chi connectivity index (χ1v) is 11.2. The third-order valence-electron chi connectivity index (χ3n) is 5.01. The fourth-order valence-electron chi connectivity index (χ4n) is 3.43. The molecule has 0 aliphatic heterocycles. The minimum Gasteiger partial charge on any atom is -0.486 e. The number of carbonyl (C=O) groups excluding carboxylic acids is 2. The monoisotopic (exact) mass is 443 g/mol. The summed E-state index contributed by atoms with van der Waals surface area (Å²) in [6.45, 7) is 14.9. The molecule has 0 bridgehead atoms. The molecule has 1 amide bonds. The molecule has 0 radical (unpaired) electrons. The molecule has 2 aromatic carbocycles. The van der Waals surface area contributed by atoms with Crippen LogP contribution in [0.1, 0.15) is 55.4 Å². The average Bonchev–Trinajstić information content (AvgIpc) is 2.68. The van der Waals surface area contributed by atoms with Gasteiger partial charge in [0.1, 0.15) is 29.6 Å². The zero-order valence-electron chi connectivity index (χ0n) is 20.5. The van der Waals surface area contributed by atoms with Gasteiger partial charge < -0.3 is 19.5 Å². The molecule has 0 aliphatic rings. The number of rotatable bonds is 8. The molecule has 0 fully saturated rings. The highest BCUT2D eigenvalue weighted by Gasteiger charge is 2.32. The third kappa shape index (κ3) is 7.43. The van der Waals surface area contributed by atoms with Crippen LogP contribution >= 0.6 is 0 Å². The number of benzene rings is 2. The largest absolute Gasteiger partial charge is 0.486 e. The Morgan fingerprint density at radius 3 is 2.06 bits per heavy atom. The maximum atomic E-state index is 12.9. The van der Waals surface area contributed by atoms with Gasteiger partial charge in [-0.05, 0) is 62.4 Å². The number of nitrogens with one attached hydrogen (secondary N) is 1. The Morgan fingerprint density at radius 1 is 0.875 bits per heavy atom. The first kappa shape index (κ1) is 25.5. The van der Waals surface area contributed by atoms with E-state index in [4.69, 9.17) is 14.2 Å². The van der Waals surface area contributed by atoms with Gasteiger partial charge in [0, 0.05) is 0 Å². The summed E-state index contributed by atoms with van der Waals surface area (Å²) in [6.07, 6.45) is -1.52. The van der Waals surface area contributed by atoms with Crippen LogP contribution in [0.15, 0.2) is 42.5 Å². The lowest BCUT2D eigenvalue weighted by atomic mass is 10.0. The number of fused-ring (bicyclic) bond motifs is 1. The second kappa shape index (κ2) is 10.7. The van der Waals surface area contributed by atoms with Crippen LogP contribution < -0.4 is 10.1 Å². The summed E-state index contributed by atoms with van der Waals surface area (Å²) in [5.74, 6) is 0.144. The summed E-state index contributed by atoms with van der Waals surface area (Å²) in [4.78, 5) is 25.1. The molecule has 0 aromatic heterocycles. The summed E-state index contributed by atoms with van der Waals surface area (Å²) in [5, 5.41) is 4.85. The van der Waals surface area contributed by atoms with Crippen molar-refractivity contribution >= 4 is 22.8 Å². The van der Waals surface area contributed by atoms with Gasteiger partial charge in [-0.2, -0.15) is 0 Å². The topological polar surface area (TPSA) is 73.9 Å². The van der Waals surface area contributed by atoms with Crippen LogP contribution in [0.4, 0.5) is 4.79 Å². The van der Waals surface area contributed by atoms with Crippen LogP contribution in [-0.4, -0.2) is 35.9 Å². The van der Waals surface area contributed by atoms with Crippen molar-refractivity contribution in [2.45, 2.75) is 79.2 Å². The first-order valence-electron chi connectivity index (χ1n) is 11.2. The van der Waals surface area contributed by atoms with Gasteiger partial charge >= 0.3 is 12.1 Å². The van der Waals surface area contributed by atoms with Crippen LogP contribution in [0.5, 0.6) is 5.75 Å². The highest BCUT2D eigenvalue weighted by molar-refractivity contribution is 5.84. The Labute approximate surface area is 191 Å². The Balaban J connectivity index is 2.09. The predicted molar refractivity (Wildman–Crippen MR) is 127 cm³/mol. The van der Waals surface area contributed by atoms with Gasteiger partial charge in [0.15, 0.2) is 0 Å². The highest BCUT2D eigenvalue weighted by atomic mass is 16.6. The smallest absolute Gasteiger partial charge is 0.408 e. The molecule has 0 heterocycles. The molecule has 32 heavy (non-hydrogen) atoms. The van der Waals surface area contributed by atoms with Crippen molar-refractivity contribution < 1.29 is 23.8 Å². The maximum absolute atomic E-state index is 12.9. The fourth-order valence-corrected chi connectivity index (χ4v) is 3.43. The highest BCUT2D eigenvalue weighted by Crippen LogP contribution is 2.25. The molecule has 176 valence electrons. The van der Waals surface area contributed by atoms with Gasteiger partial charge in [-0.15, -0.1) is 0 Å². The molecule has 6 heteroatoms. The van der Waals surface area contributed by atoms with Crippen molar-refractivity contribution in [1.29, 1.82) is 0 Å². The van der Waals surface area contributed by atoms with Gasteiger partial charge in [-0.25, -0.2) is 9.59 Å². The van der Waals surface area contributed by atoms with Crippen LogP contribution in [0.2, 0.25) is 0 Å². The molecule has 0 unspecified atom stereocenters. The quantitative estimate of drug-likeness (QED) is 0.528. The molecule has 0 saturated carbocycles. The SMILES string of the molecule is CC(C)[C@H](NC(=O)OC(C)(C)C)C(=O)O[C@@H](C)[C@H](Oc1ccc2ccccc2c1)C(C)C. The van der Waals surface area contributed by atoms with E-state index in [1.54, 1.807) is 20.8 Å². The van der Waals surface area contributed by atoms with E-state index in [0.717, 1.165) is 16.5 Å². The van der Waals surface area contributed by atoms with E-state index in [0.29, 0.717) is 0 Å². The molecule has 6 nitrogen and oxygen atoms in total. The molecular formula is C26H37NO5. The molecule has 2 rings (SSSR count). The van der Waals surface area contributed by atoms with Gasteiger partial charge in [0.05, 0.1) is 0 Å². The van der Waals surface area contributed by atoms with E-state index in [1.807, 2.05) is 77.1 Å². The van der Waals surface area contributed by atoms with Crippen LogP contribution in [0.25, 0.3) is 10.8 Å². The second-order valence-electron chi connectivity index (χ2n) is 9.85. The summed E-state index contributed by atoms with van der Waals surface area (Å²) in [5.41, 5.74) is -0.654. The van der Waals surface area contributed by atoms with Gasteiger partial charge in [-0.3, -0.25) is 0 Å². The maximum Gasteiger partial charge on any atom is 0.408 e. The molecule has 0 saturated heterocycles. The number of hydrogen-bond donors (Lipinski definition) is 1. The van der Waals surface area contributed by atoms with Gasteiger partial charge in [0.2, 0.25) is 0 Å². The average molecular weight is 444 g/mol. The number of ether oxygens (including phenoxy) is 3. The van der Waals surface area contributed by atoms with Crippen molar-refractivity contribution in [3.63, 3.8) is 0 Å². The Kier molecular flexibility index (Phi) is 8.53. The van der Waals surface area contributed by atoms with E-state index >= 15 is 0 Å². The third-order valence-corrected chi connectivity index (χ3v) is 5.01. The summed E-state index contributed by atoms with van der Waals surface area (Å²) in [6, 6.07) is 13.2. The number of amides is 1. The molecule has 1 N–H and O–H groups in total. The van der Waals surface area contributed by atoms with Gasteiger partial charge in [0.25, 0.3) is 0 Å². The summed E-state index contributed by atoms with van der Waals surface area (Å²) >= 11 is 0. The number of esters is 1. The van der Waals surface area contributed by atoms with E-state index < -0.39 is 29.8 Å². The zero-order chi connectivity index (χ0) is 24.1. The van der Waals surface area contributed by atoms with Crippen molar-refractivity contribution in [3.8, 4) is 5.75 Å². The minimum atomic E-state index is -0.819. The second-order valence-corrected chi connectivity index (χ2v) is 9.85. The zero-order valence-corrected chi connectivity index (χ0v) is 20.5. The lowest BCUT2D eigenvalue weighted by Crippen LogP contribution is -2.49. The molecule has 0 spiro atoms. The van der Waals surface area contributed by atoms with Crippen molar-refractivity contribution in [2.24, 2.45) is 11.8 Å². The minimum absolute atomic E-state index is 0.0978. The van der Waals surface area contributed by atoms with Crippen molar-refractivity contribution in [2.75, 3.05) is 0 Å². The first-order chi connectivity index (χ1) is 14.9. The summed E-state index contributed by atoms with van der Waals surface area (Å²) < 4.78 is 17.3. The fraction of sp³-hybridized carbons (Fsp3) is 0.538. The number of carbonyl (C=O) groups is 2. The Morgan fingerprint density at radius 2 is 1.50 bits per heavy atom. The molecule has 3 atom stereocenters.